The topological polar surface area (TPSA) is 32.8 Å². The first kappa shape index (κ1) is 40.5. The molecule has 2 unspecified atom stereocenters. The molecule has 1 saturated carbocycles. The molecule has 0 radical (unpaired) electrons. The number of hydrogen-bond donors (Lipinski definition) is 0. The highest BCUT2D eigenvalue weighted by Gasteiger charge is 2.38. The van der Waals surface area contributed by atoms with Crippen LogP contribution in [0, 0.1) is 11.8 Å². The van der Waals surface area contributed by atoms with Crippen LogP contribution in [0.5, 0.6) is 0 Å². The molecular weight excluding hydrogens is 853 g/mol. The third-order valence-electron chi connectivity index (χ3n) is 15.1. The Morgan fingerprint density at radius 1 is 0.514 bits per heavy atom. The van der Waals surface area contributed by atoms with E-state index in [-0.39, 0.29) is 0 Å². The van der Waals surface area contributed by atoms with E-state index in [1.54, 1.807) is 5.57 Å². The minimum Gasteiger partial charge on any atom is -0.454 e. The van der Waals surface area contributed by atoms with Crippen LogP contribution in [0.25, 0.3) is 81.8 Å². The fourth-order valence-electron chi connectivity index (χ4n) is 11.6. The van der Waals surface area contributed by atoms with Crippen molar-refractivity contribution in [3.63, 3.8) is 0 Å². The average Bonchev–Trinajstić information content (AvgIpc) is 3.98. The number of hydrogen-bond acceptors (Lipinski definition) is 4. The Kier molecular flexibility index (Phi) is 9.25. The molecule has 1 fully saturated rings. The summed E-state index contributed by atoms with van der Waals surface area (Å²) in [6, 6.07) is 66.4. The lowest BCUT2D eigenvalue weighted by atomic mass is 9.91. The highest BCUT2D eigenvalue weighted by atomic mass is 16.3. The summed E-state index contributed by atoms with van der Waals surface area (Å²) in [4.78, 5) is 4.81. The Bertz CT molecular complexity index is 4160. The van der Waals surface area contributed by atoms with Crippen LogP contribution >= 0.6 is 0 Å². The van der Waals surface area contributed by atoms with E-state index in [0.717, 1.165) is 95.7 Å². The first-order valence-corrected chi connectivity index (χ1v) is 24.6. The molecule has 334 valence electrons. The van der Waals surface area contributed by atoms with Gasteiger partial charge in [-0.1, -0.05) is 163 Å². The first-order valence-electron chi connectivity index (χ1n) is 24.6. The van der Waals surface area contributed by atoms with Crippen LogP contribution in [0.1, 0.15) is 31.4 Å². The second kappa shape index (κ2) is 16.0. The molecule has 2 aliphatic rings. The van der Waals surface area contributed by atoms with E-state index >= 15 is 0 Å². The van der Waals surface area contributed by atoms with Crippen LogP contribution < -0.4 is 9.80 Å². The van der Waals surface area contributed by atoms with Crippen molar-refractivity contribution in [3.8, 4) is 0 Å². The summed E-state index contributed by atoms with van der Waals surface area (Å²) >= 11 is 0. The predicted molar refractivity (Wildman–Crippen MR) is 295 cm³/mol. The Morgan fingerprint density at radius 3 is 1.60 bits per heavy atom. The number of allylic oxidation sites excluding steroid dienone is 8. The summed E-state index contributed by atoms with van der Waals surface area (Å²) in [5.41, 5.74) is 15.0. The zero-order valence-corrected chi connectivity index (χ0v) is 39.1. The maximum Gasteiger partial charge on any atom is 0.159 e. The van der Waals surface area contributed by atoms with Gasteiger partial charge in [-0.15, -0.1) is 0 Å². The van der Waals surface area contributed by atoms with Gasteiger partial charge in [-0.25, -0.2) is 0 Å². The Labute approximate surface area is 406 Å². The standard InChI is InChI=1S/C66H48N2O2/c1-3-12-42(4-2)43-25-33-49(34-26-43)68(60-20-11-18-53-51-16-6-8-22-62(51)70-66(53)60)58-38-30-45-27-35-54-57(37-29-44-28-36-55(58)64(45)63(44)54)67(59-19-10-17-52-50-15-5-7-21-61(50)69-65(52)59)48-31-23-41(24-32-48)39-46-13-9-14-47-40-56(46)47/h3-38,47,56H,39-40H2,1-2H3/b12-3-,42-4+. The summed E-state index contributed by atoms with van der Waals surface area (Å²) < 4.78 is 13.6. The Hall–Kier alpha value is -8.60. The van der Waals surface area contributed by atoms with Crippen molar-refractivity contribution in [3.05, 3.63) is 235 Å². The van der Waals surface area contributed by atoms with E-state index in [1.165, 1.54) is 50.1 Å². The molecule has 0 N–H and O–H groups in total. The molecule has 2 heterocycles. The highest BCUT2D eigenvalue weighted by Crippen LogP contribution is 2.51. The molecule has 4 heteroatoms. The molecule has 0 bridgehead atoms. The lowest BCUT2D eigenvalue weighted by Crippen LogP contribution is -2.12. The summed E-state index contributed by atoms with van der Waals surface area (Å²) in [5, 5.41) is 11.6. The van der Waals surface area contributed by atoms with Gasteiger partial charge in [-0.2, -0.15) is 0 Å². The first-order chi connectivity index (χ1) is 34.6. The average molecular weight is 901 g/mol. The van der Waals surface area contributed by atoms with E-state index in [2.05, 4.69) is 236 Å². The number of anilines is 6. The van der Waals surface area contributed by atoms with Gasteiger partial charge in [0.1, 0.15) is 11.2 Å². The molecule has 2 aromatic heterocycles. The smallest absolute Gasteiger partial charge is 0.159 e. The van der Waals surface area contributed by atoms with Crippen LogP contribution in [0.4, 0.5) is 34.1 Å². The quantitative estimate of drug-likeness (QED) is 0.101. The number of nitrogens with zero attached hydrogens (tertiary/aromatic N) is 2. The van der Waals surface area contributed by atoms with Gasteiger partial charge in [-0.3, -0.25) is 0 Å². The summed E-state index contributed by atoms with van der Waals surface area (Å²) in [5.74, 6) is 1.43. The van der Waals surface area contributed by atoms with Crippen LogP contribution in [0.2, 0.25) is 0 Å². The van der Waals surface area contributed by atoms with Gasteiger partial charge in [0.2, 0.25) is 0 Å². The van der Waals surface area contributed by atoms with Crippen molar-refractivity contribution in [1.82, 2.24) is 0 Å². The second-order valence-electron chi connectivity index (χ2n) is 19.0. The van der Waals surface area contributed by atoms with Crippen LogP contribution in [-0.2, 0) is 6.42 Å². The summed E-state index contributed by atoms with van der Waals surface area (Å²) in [7, 11) is 0. The predicted octanol–water partition coefficient (Wildman–Crippen LogP) is 19.0. The molecule has 14 rings (SSSR count). The number of furan rings is 2. The minimum absolute atomic E-state index is 0.704. The van der Waals surface area contributed by atoms with Crippen molar-refractivity contribution < 1.29 is 8.83 Å². The molecule has 2 atom stereocenters. The van der Waals surface area contributed by atoms with Gasteiger partial charge in [0, 0.05) is 43.7 Å². The van der Waals surface area contributed by atoms with E-state index in [0.29, 0.717) is 5.92 Å². The zero-order chi connectivity index (χ0) is 46.5. The van der Waals surface area contributed by atoms with Crippen molar-refractivity contribution in [2.24, 2.45) is 11.8 Å². The molecule has 0 spiro atoms. The monoisotopic (exact) mass is 900 g/mol. The molecule has 10 aromatic carbocycles. The second-order valence-corrected chi connectivity index (χ2v) is 19.0. The molecule has 12 aromatic rings. The lowest BCUT2D eigenvalue weighted by Gasteiger charge is -2.29. The minimum atomic E-state index is 0.704. The zero-order valence-electron chi connectivity index (χ0n) is 39.1. The number of para-hydroxylation sites is 4. The lowest BCUT2D eigenvalue weighted by molar-refractivity contribution is 0.669. The normalized spacial score (nSPS) is 15.9. The molecular formula is C66H48N2O2. The van der Waals surface area contributed by atoms with Gasteiger partial charge in [0.05, 0.1) is 22.7 Å². The highest BCUT2D eigenvalue weighted by molar-refractivity contribution is 6.28. The summed E-state index contributed by atoms with van der Waals surface area (Å²) in [6.07, 6.45) is 15.7. The van der Waals surface area contributed by atoms with Crippen molar-refractivity contribution in [2.75, 3.05) is 9.80 Å². The molecule has 4 nitrogen and oxygen atoms in total. The number of benzene rings is 10. The maximum atomic E-state index is 6.81. The van der Waals surface area contributed by atoms with Crippen LogP contribution in [0.15, 0.2) is 233 Å². The molecule has 70 heavy (non-hydrogen) atoms. The fraction of sp³-hybridized carbons (Fsp3) is 0.0909. The van der Waals surface area contributed by atoms with Crippen LogP contribution in [0.3, 0.4) is 0 Å². The number of rotatable bonds is 10. The number of fused-ring (bicyclic) bond motifs is 7. The van der Waals surface area contributed by atoms with Gasteiger partial charge in [0.15, 0.2) is 11.2 Å². The van der Waals surface area contributed by atoms with Gasteiger partial charge in [-0.05, 0) is 137 Å². The SMILES string of the molecule is C/C=C\C(=C/C)c1ccc(N(c2ccc3ccc4c(N(c5ccc(CC6=CC=CC7CC67)cc5)c5cccc6c5oc5ccccc56)ccc5ccc2c3c54)c2cccc3c2oc2ccccc23)cc1. The van der Waals surface area contributed by atoms with E-state index in [1.807, 2.05) is 6.07 Å². The van der Waals surface area contributed by atoms with Gasteiger partial charge >= 0.3 is 0 Å². The Balaban J connectivity index is 0.981. The van der Waals surface area contributed by atoms with Crippen LogP contribution in [-0.4, -0.2) is 0 Å². The maximum absolute atomic E-state index is 6.81. The molecule has 0 saturated heterocycles. The molecule has 0 amide bonds. The van der Waals surface area contributed by atoms with E-state index in [4.69, 9.17) is 8.83 Å². The third-order valence-corrected chi connectivity index (χ3v) is 15.1. The molecule has 0 aliphatic heterocycles. The third kappa shape index (κ3) is 6.37. The van der Waals surface area contributed by atoms with Crippen molar-refractivity contribution >= 4 is 116 Å². The van der Waals surface area contributed by atoms with Gasteiger partial charge in [0.25, 0.3) is 0 Å². The molecule has 2 aliphatic carbocycles. The van der Waals surface area contributed by atoms with E-state index in [9.17, 15) is 0 Å². The largest absolute Gasteiger partial charge is 0.454 e. The van der Waals surface area contributed by atoms with Crippen molar-refractivity contribution in [1.29, 1.82) is 0 Å². The Morgan fingerprint density at radius 2 is 1.04 bits per heavy atom. The van der Waals surface area contributed by atoms with Crippen molar-refractivity contribution in [2.45, 2.75) is 26.7 Å². The summed E-state index contributed by atoms with van der Waals surface area (Å²) in [6.45, 7) is 4.16. The van der Waals surface area contributed by atoms with E-state index < -0.39 is 0 Å². The van der Waals surface area contributed by atoms with Gasteiger partial charge < -0.3 is 18.6 Å². The fourth-order valence-corrected chi connectivity index (χ4v) is 11.6.